The Balaban J connectivity index is 2.49. The molecule has 1 aliphatic carbocycles. The molecule has 1 saturated carbocycles. The van der Waals surface area contributed by atoms with Crippen molar-refractivity contribution >= 4 is 21.6 Å². The van der Waals surface area contributed by atoms with Crippen LogP contribution < -0.4 is 0 Å². The van der Waals surface area contributed by atoms with Crippen molar-refractivity contribution in [1.82, 2.24) is 0 Å². The van der Waals surface area contributed by atoms with Crippen LogP contribution >= 0.6 is 11.8 Å². The third-order valence-corrected chi connectivity index (χ3v) is 5.11. The fourth-order valence-electron chi connectivity index (χ4n) is 1.90. The summed E-state index contributed by atoms with van der Waals surface area (Å²) in [7, 11) is -3.47. The molecule has 1 N–H and O–H groups in total. The average molecular weight is 290 g/mol. The summed E-state index contributed by atoms with van der Waals surface area (Å²) in [6, 6.07) is 2.79. The Bertz CT molecular complexity index is 577. The van der Waals surface area contributed by atoms with Crippen LogP contribution in [-0.2, 0) is 16.3 Å². The summed E-state index contributed by atoms with van der Waals surface area (Å²) in [5.74, 6) is -0.537. The summed E-state index contributed by atoms with van der Waals surface area (Å²) in [6.45, 7) is 0. The molecule has 1 fully saturated rings. The number of benzene rings is 1. The molecular formula is C12H15FO3S2. The third-order valence-electron chi connectivity index (χ3n) is 3.03. The lowest BCUT2D eigenvalue weighted by atomic mass is 10.1. The van der Waals surface area contributed by atoms with E-state index >= 15 is 0 Å². The highest BCUT2D eigenvalue weighted by atomic mass is 32.2. The summed E-state index contributed by atoms with van der Waals surface area (Å²) in [5.41, 5.74) is -0.229. The summed E-state index contributed by atoms with van der Waals surface area (Å²) in [4.78, 5) is 0.151. The van der Waals surface area contributed by atoms with Gasteiger partial charge >= 0.3 is 0 Å². The van der Waals surface area contributed by atoms with Crippen LogP contribution in [0.15, 0.2) is 21.9 Å². The zero-order valence-corrected chi connectivity index (χ0v) is 11.9. The number of hydrogen-bond acceptors (Lipinski definition) is 4. The van der Waals surface area contributed by atoms with Gasteiger partial charge in [0.15, 0.2) is 9.84 Å². The fraction of sp³-hybridized carbons (Fsp3) is 0.500. The third kappa shape index (κ3) is 2.87. The Kier molecular flexibility index (Phi) is 3.46. The van der Waals surface area contributed by atoms with E-state index in [4.69, 9.17) is 0 Å². The first kappa shape index (κ1) is 13.8. The molecule has 0 saturated heterocycles. The molecule has 18 heavy (non-hydrogen) atoms. The quantitative estimate of drug-likeness (QED) is 0.862. The minimum Gasteiger partial charge on any atom is -0.390 e. The van der Waals surface area contributed by atoms with Gasteiger partial charge in [-0.1, -0.05) is 0 Å². The molecule has 0 atom stereocenters. The van der Waals surface area contributed by atoms with Crippen molar-refractivity contribution in [1.29, 1.82) is 0 Å². The van der Waals surface area contributed by atoms with Crippen LogP contribution in [0.5, 0.6) is 0 Å². The van der Waals surface area contributed by atoms with Gasteiger partial charge < -0.3 is 5.11 Å². The SMILES string of the molecule is CSc1c(F)cc(CC2(O)CC2)cc1S(C)(=O)=O. The maximum atomic E-state index is 13.9. The molecular weight excluding hydrogens is 275 g/mol. The first-order chi connectivity index (χ1) is 8.25. The van der Waals surface area contributed by atoms with E-state index in [9.17, 15) is 17.9 Å². The van der Waals surface area contributed by atoms with Crippen molar-refractivity contribution in [3.05, 3.63) is 23.5 Å². The van der Waals surface area contributed by atoms with E-state index in [0.29, 0.717) is 24.8 Å². The highest BCUT2D eigenvalue weighted by Gasteiger charge is 2.40. The standard InChI is InChI=1S/C12H15FO3S2/c1-17-11-9(13)5-8(7-12(14)3-4-12)6-10(11)18(2,15)16/h5-6,14H,3-4,7H2,1-2H3. The largest absolute Gasteiger partial charge is 0.390 e. The maximum Gasteiger partial charge on any atom is 0.176 e. The molecule has 2 rings (SSSR count). The molecule has 0 unspecified atom stereocenters. The lowest BCUT2D eigenvalue weighted by Gasteiger charge is -2.12. The van der Waals surface area contributed by atoms with Crippen molar-refractivity contribution in [2.75, 3.05) is 12.5 Å². The molecule has 0 aromatic heterocycles. The van der Waals surface area contributed by atoms with Gasteiger partial charge in [0.05, 0.1) is 15.4 Å². The number of thioether (sulfide) groups is 1. The lowest BCUT2D eigenvalue weighted by molar-refractivity contribution is 0.151. The van der Waals surface area contributed by atoms with E-state index in [1.165, 1.54) is 12.1 Å². The van der Waals surface area contributed by atoms with Crippen LogP contribution in [0.3, 0.4) is 0 Å². The first-order valence-corrected chi connectivity index (χ1v) is 8.66. The summed E-state index contributed by atoms with van der Waals surface area (Å²) < 4.78 is 37.2. The number of rotatable bonds is 4. The Hall–Kier alpha value is -0.590. The molecule has 0 spiro atoms. The number of halogens is 1. The average Bonchev–Trinajstić information content (AvgIpc) is 2.94. The Morgan fingerprint density at radius 1 is 1.44 bits per heavy atom. The number of sulfone groups is 1. The van der Waals surface area contributed by atoms with Crippen LogP contribution in [0, 0.1) is 5.82 Å². The monoisotopic (exact) mass is 290 g/mol. The molecule has 6 heteroatoms. The molecule has 0 bridgehead atoms. The van der Waals surface area contributed by atoms with E-state index in [-0.39, 0.29) is 9.79 Å². The van der Waals surface area contributed by atoms with Gasteiger partial charge in [0.2, 0.25) is 0 Å². The van der Waals surface area contributed by atoms with E-state index < -0.39 is 21.3 Å². The fourth-order valence-corrected chi connectivity index (χ4v) is 3.92. The molecule has 0 radical (unpaired) electrons. The molecule has 1 aromatic rings. The van der Waals surface area contributed by atoms with Gasteiger partial charge in [0.25, 0.3) is 0 Å². The van der Waals surface area contributed by atoms with Crippen LogP contribution in [0.2, 0.25) is 0 Å². The second-order valence-corrected chi connectivity index (χ2v) is 7.58. The number of aliphatic hydroxyl groups is 1. The van der Waals surface area contributed by atoms with Crippen molar-refractivity contribution in [2.45, 2.75) is 34.7 Å². The molecule has 0 amide bonds. The Morgan fingerprint density at radius 3 is 2.50 bits per heavy atom. The van der Waals surface area contributed by atoms with E-state index in [0.717, 1.165) is 18.0 Å². The van der Waals surface area contributed by atoms with E-state index in [1.807, 2.05) is 0 Å². The van der Waals surface area contributed by atoms with Gasteiger partial charge in [0, 0.05) is 12.7 Å². The van der Waals surface area contributed by atoms with Gasteiger partial charge in [-0.25, -0.2) is 12.8 Å². The summed E-state index contributed by atoms with van der Waals surface area (Å²) in [5, 5.41) is 9.82. The first-order valence-electron chi connectivity index (χ1n) is 5.54. The van der Waals surface area contributed by atoms with Gasteiger partial charge in [-0.15, -0.1) is 11.8 Å². The smallest absolute Gasteiger partial charge is 0.176 e. The second-order valence-electron chi connectivity index (χ2n) is 4.78. The minimum absolute atomic E-state index is 0.00856. The highest BCUT2D eigenvalue weighted by molar-refractivity contribution is 7.99. The van der Waals surface area contributed by atoms with Gasteiger partial charge in [-0.2, -0.15) is 0 Å². The van der Waals surface area contributed by atoms with E-state index in [1.54, 1.807) is 6.26 Å². The maximum absolute atomic E-state index is 13.9. The Labute approximate surface area is 110 Å². The number of hydrogen-bond donors (Lipinski definition) is 1. The van der Waals surface area contributed by atoms with Crippen molar-refractivity contribution in [2.24, 2.45) is 0 Å². The predicted octanol–water partition coefficient (Wildman–Crippen LogP) is 2.02. The van der Waals surface area contributed by atoms with Gasteiger partial charge in [0.1, 0.15) is 5.82 Å². The van der Waals surface area contributed by atoms with E-state index in [2.05, 4.69) is 0 Å². The molecule has 1 aromatic carbocycles. The normalized spacial score (nSPS) is 17.8. The molecule has 100 valence electrons. The van der Waals surface area contributed by atoms with Gasteiger partial charge in [-0.3, -0.25) is 0 Å². The van der Waals surface area contributed by atoms with Crippen molar-refractivity contribution in [3.63, 3.8) is 0 Å². The molecule has 0 heterocycles. The molecule has 0 aliphatic heterocycles. The zero-order valence-electron chi connectivity index (χ0n) is 10.2. The zero-order chi connectivity index (χ0) is 13.6. The molecule has 3 nitrogen and oxygen atoms in total. The topological polar surface area (TPSA) is 54.4 Å². The molecule has 1 aliphatic rings. The van der Waals surface area contributed by atoms with Crippen molar-refractivity contribution < 1.29 is 17.9 Å². The van der Waals surface area contributed by atoms with Crippen LogP contribution in [0.1, 0.15) is 18.4 Å². The summed E-state index contributed by atoms with van der Waals surface area (Å²) >= 11 is 1.07. The van der Waals surface area contributed by atoms with Crippen LogP contribution in [-0.4, -0.2) is 31.6 Å². The lowest BCUT2D eigenvalue weighted by Crippen LogP contribution is -2.12. The summed E-state index contributed by atoms with van der Waals surface area (Å²) in [6.07, 6.45) is 4.39. The predicted molar refractivity (Wildman–Crippen MR) is 69.2 cm³/mol. The van der Waals surface area contributed by atoms with Gasteiger partial charge in [-0.05, 0) is 36.8 Å². The van der Waals surface area contributed by atoms with Crippen LogP contribution in [0.25, 0.3) is 0 Å². The Morgan fingerprint density at radius 2 is 2.06 bits per heavy atom. The minimum atomic E-state index is -3.47. The van der Waals surface area contributed by atoms with Crippen LogP contribution in [0.4, 0.5) is 4.39 Å². The second kappa shape index (κ2) is 4.51. The highest BCUT2D eigenvalue weighted by Crippen LogP contribution is 2.39. The van der Waals surface area contributed by atoms with Crippen molar-refractivity contribution in [3.8, 4) is 0 Å².